The van der Waals surface area contributed by atoms with E-state index in [0.717, 1.165) is 17.2 Å². The molecule has 0 amide bonds. The van der Waals surface area contributed by atoms with Crippen molar-refractivity contribution in [3.63, 3.8) is 0 Å². The Balaban J connectivity index is 1.77. The highest BCUT2D eigenvalue weighted by Crippen LogP contribution is 2.64. The Morgan fingerprint density at radius 1 is 0.840 bits per heavy atom. The van der Waals surface area contributed by atoms with Gasteiger partial charge in [0, 0.05) is 10.8 Å². The molecule has 6 rings (SSSR count). The molecule has 1 heteroatoms. The normalized spacial score (nSPS) is 29.1. The molecule has 3 aromatic carbocycles. The summed E-state index contributed by atoms with van der Waals surface area (Å²) in [6, 6.07) is 19.5. The third-order valence-electron chi connectivity index (χ3n) is 7.37. The van der Waals surface area contributed by atoms with Gasteiger partial charge in [-0.25, -0.2) is 0 Å². The maximum atomic E-state index is 10.8. The third-order valence-corrected chi connectivity index (χ3v) is 7.37. The van der Waals surface area contributed by atoms with Gasteiger partial charge in [0.05, 0.1) is 0 Å². The van der Waals surface area contributed by atoms with Gasteiger partial charge in [-0.2, -0.15) is 0 Å². The van der Waals surface area contributed by atoms with Gasteiger partial charge in [0.25, 0.3) is 0 Å². The lowest BCUT2D eigenvalue weighted by atomic mass is 9.61. The molecule has 2 saturated carbocycles. The van der Waals surface area contributed by atoms with Crippen LogP contribution in [0.3, 0.4) is 0 Å². The van der Waals surface area contributed by atoms with E-state index in [1.807, 2.05) is 12.1 Å². The molecule has 3 unspecified atom stereocenters. The average molecular weight is 326 g/mol. The summed E-state index contributed by atoms with van der Waals surface area (Å²) in [5.74, 6) is 2.11. The van der Waals surface area contributed by atoms with Crippen LogP contribution in [0.4, 0.5) is 0 Å². The minimum absolute atomic E-state index is 0.125. The molecule has 1 spiro atoms. The molecule has 1 N–H and O–H groups in total. The maximum absolute atomic E-state index is 10.8. The Labute approximate surface area is 148 Å². The smallest absolute Gasteiger partial charge is 0.123 e. The van der Waals surface area contributed by atoms with Crippen LogP contribution in [0, 0.1) is 11.8 Å². The van der Waals surface area contributed by atoms with Gasteiger partial charge in [-0.05, 0) is 71.2 Å². The van der Waals surface area contributed by atoms with E-state index in [4.69, 9.17) is 0 Å². The van der Waals surface area contributed by atoms with E-state index < -0.39 is 0 Å². The van der Waals surface area contributed by atoms with Crippen LogP contribution in [0.1, 0.15) is 43.2 Å². The van der Waals surface area contributed by atoms with E-state index in [1.165, 1.54) is 59.7 Å². The molecule has 25 heavy (non-hydrogen) atoms. The largest absolute Gasteiger partial charge is 0.507 e. The molecule has 0 radical (unpaired) electrons. The van der Waals surface area contributed by atoms with E-state index in [0.29, 0.717) is 5.75 Å². The fourth-order valence-corrected chi connectivity index (χ4v) is 6.36. The molecule has 3 aliphatic rings. The first kappa shape index (κ1) is 13.9. The molecular formula is C24H22O. The van der Waals surface area contributed by atoms with Crippen molar-refractivity contribution in [3.8, 4) is 16.9 Å². The third kappa shape index (κ3) is 1.60. The highest BCUT2D eigenvalue weighted by Gasteiger charge is 2.53. The van der Waals surface area contributed by atoms with Gasteiger partial charge >= 0.3 is 0 Å². The molecule has 124 valence electrons. The zero-order valence-corrected chi connectivity index (χ0v) is 14.3. The monoisotopic (exact) mass is 326 g/mol. The maximum Gasteiger partial charge on any atom is 0.123 e. The summed E-state index contributed by atoms with van der Waals surface area (Å²) in [4.78, 5) is 0. The van der Waals surface area contributed by atoms with E-state index in [9.17, 15) is 5.11 Å². The fraction of sp³-hybridized carbons (Fsp3) is 0.333. The number of fused-ring (bicyclic) bond motifs is 10. The zero-order chi connectivity index (χ0) is 16.6. The Morgan fingerprint density at radius 3 is 2.56 bits per heavy atom. The standard InChI is InChI=1S/C24H22O/c25-22-14-21-23(18-6-2-1-5-17(18)22)19-7-3-4-8-20(19)24(21)12-11-15-9-10-16(24)13-15/h1-8,14-16,25H,9-13H2. The van der Waals surface area contributed by atoms with Crippen LogP contribution < -0.4 is 0 Å². The van der Waals surface area contributed by atoms with Crippen molar-refractivity contribution in [2.24, 2.45) is 11.8 Å². The summed E-state index contributed by atoms with van der Waals surface area (Å²) in [5, 5.41) is 13.0. The van der Waals surface area contributed by atoms with Crippen molar-refractivity contribution in [3.05, 3.63) is 65.7 Å². The van der Waals surface area contributed by atoms with Crippen molar-refractivity contribution in [2.75, 3.05) is 0 Å². The summed E-state index contributed by atoms with van der Waals surface area (Å²) in [6.45, 7) is 0. The van der Waals surface area contributed by atoms with Gasteiger partial charge in [0.15, 0.2) is 0 Å². The molecule has 0 aromatic heterocycles. The summed E-state index contributed by atoms with van der Waals surface area (Å²) in [6.07, 6.45) is 6.67. The Morgan fingerprint density at radius 2 is 1.64 bits per heavy atom. The van der Waals surface area contributed by atoms with E-state index in [2.05, 4.69) is 42.5 Å². The van der Waals surface area contributed by atoms with Crippen LogP contribution in [-0.2, 0) is 5.41 Å². The fourth-order valence-electron chi connectivity index (χ4n) is 6.36. The quantitative estimate of drug-likeness (QED) is 0.535. The lowest BCUT2D eigenvalue weighted by Gasteiger charge is -2.41. The molecule has 0 heterocycles. The Bertz CT molecular complexity index is 1020. The van der Waals surface area contributed by atoms with Crippen molar-refractivity contribution in [2.45, 2.75) is 37.5 Å². The second-order valence-corrected chi connectivity index (χ2v) is 8.30. The molecular weight excluding hydrogens is 304 g/mol. The minimum atomic E-state index is 0.125. The van der Waals surface area contributed by atoms with Crippen LogP contribution >= 0.6 is 0 Å². The molecule has 2 fully saturated rings. The number of rotatable bonds is 0. The number of benzene rings is 3. The summed E-state index contributed by atoms with van der Waals surface area (Å²) in [7, 11) is 0. The predicted octanol–water partition coefficient (Wildman–Crippen LogP) is 6.02. The Kier molecular flexibility index (Phi) is 2.60. The van der Waals surface area contributed by atoms with Crippen molar-refractivity contribution in [1.82, 2.24) is 0 Å². The Hall–Kier alpha value is -2.28. The topological polar surface area (TPSA) is 20.2 Å². The van der Waals surface area contributed by atoms with Crippen molar-refractivity contribution in [1.29, 1.82) is 0 Å². The second kappa shape index (κ2) is 4.66. The SMILES string of the molecule is Oc1cc2c(c3ccccc13)-c1ccccc1C21CCC2CCC1C2. The van der Waals surface area contributed by atoms with Crippen molar-refractivity contribution < 1.29 is 5.11 Å². The van der Waals surface area contributed by atoms with Gasteiger partial charge in [-0.15, -0.1) is 0 Å². The minimum Gasteiger partial charge on any atom is -0.507 e. The highest BCUT2D eigenvalue weighted by molar-refractivity contribution is 6.05. The molecule has 3 aliphatic carbocycles. The molecule has 2 bridgehead atoms. The van der Waals surface area contributed by atoms with Crippen LogP contribution in [-0.4, -0.2) is 5.11 Å². The first-order chi connectivity index (χ1) is 12.3. The average Bonchev–Trinajstić information content (AvgIpc) is 3.17. The van der Waals surface area contributed by atoms with Crippen molar-refractivity contribution >= 4 is 10.8 Å². The first-order valence-electron chi connectivity index (χ1n) is 9.64. The summed E-state index contributed by atoms with van der Waals surface area (Å²) < 4.78 is 0. The highest BCUT2D eigenvalue weighted by atomic mass is 16.3. The first-order valence-corrected chi connectivity index (χ1v) is 9.64. The molecule has 0 saturated heterocycles. The van der Waals surface area contributed by atoms with Crippen LogP contribution in [0.5, 0.6) is 5.75 Å². The van der Waals surface area contributed by atoms with Gasteiger partial charge in [0.1, 0.15) is 5.75 Å². The predicted molar refractivity (Wildman–Crippen MR) is 102 cm³/mol. The van der Waals surface area contributed by atoms with E-state index >= 15 is 0 Å². The van der Waals surface area contributed by atoms with Crippen LogP contribution in [0.25, 0.3) is 21.9 Å². The zero-order valence-electron chi connectivity index (χ0n) is 14.3. The van der Waals surface area contributed by atoms with E-state index in [1.54, 1.807) is 0 Å². The molecule has 3 aromatic rings. The number of phenols is 1. The van der Waals surface area contributed by atoms with Gasteiger partial charge in [0.2, 0.25) is 0 Å². The molecule has 1 nitrogen and oxygen atoms in total. The van der Waals surface area contributed by atoms with E-state index in [-0.39, 0.29) is 5.41 Å². The number of hydrogen-bond donors (Lipinski definition) is 1. The van der Waals surface area contributed by atoms with Gasteiger partial charge in [-0.1, -0.05) is 55.0 Å². The molecule has 0 aliphatic heterocycles. The summed E-state index contributed by atoms with van der Waals surface area (Å²) >= 11 is 0. The lowest BCUT2D eigenvalue weighted by molar-refractivity contribution is 0.239. The van der Waals surface area contributed by atoms with Crippen LogP contribution in [0.2, 0.25) is 0 Å². The number of phenolic OH excluding ortho intramolecular Hbond substituents is 1. The van der Waals surface area contributed by atoms with Gasteiger partial charge in [-0.3, -0.25) is 0 Å². The lowest BCUT2D eigenvalue weighted by Crippen LogP contribution is -2.36. The number of hydrogen-bond acceptors (Lipinski definition) is 1. The summed E-state index contributed by atoms with van der Waals surface area (Å²) in [5.41, 5.74) is 5.83. The number of aromatic hydroxyl groups is 1. The second-order valence-electron chi connectivity index (χ2n) is 8.30. The van der Waals surface area contributed by atoms with Crippen LogP contribution in [0.15, 0.2) is 54.6 Å². The van der Waals surface area contributed by atoms with Gasteiger partial charge < -0.3 is 5.11 Å². The molecule has 3 atom stereocenters.